The standard InChI is InChI=1S/C22H35ClN2O5S/c1-2-3-14-31(28,29)25-20(22(26)27)16-18-7-8-21(19(23)15-18)30-13-5-4-6-17-9-11-24-12-10-17/h7-8,15,17,20,24-25H,2-6,9-14,16H2,1H3,(H,26,27)/t20-/m0/s1. The summed E-state index contributed by atoms with van der Waals surface area (Å²) in [7, 11) is -3.64. The minimum atomic E-state index is -3.64. The van der Waals surface area contributed by atoms with Crippen LogP contribution in [0, 0.1) is 5.92 Å². The number of piperidine rings is 1. The Morgan fingerprint density at radius 3 is 2.68 bits per heavy atom. The van der Waals surface area contributed by atoms with Crippen LogP contribution >= 0.6 is 11.6 Å². The van der Waals surface area contributed by atoms with Crippen LogP contribution in [0.4, 0.5) is 0 Å². The topological polar surface area (TPSA) is 105 Å². The molecule has 1 heterocycles. The predicted octanol–water partition coefficient (Wildman–Crippen LogP) is 3.60. The Kier molecular flexibility index (Phi) is 11.1. The Bertz CT molecular complexity index is 797. The number of carboxylic acid groups (broad SMARTS) is 1. The van der Waals surface area contributed by atoms with E-state index in [1.165, 1.54) is 19.3 Å². The first-order valence-electron chi connectivity index (χ1n) is 11.2. The lowest BCUT2D eigenvalue weighted by Gasteiger charge is -2.22. The third-order valence-corrected chi connectivity index (χ3v) is 7.31. The second-order valence-electron chi connectivity index (χ2n) is 8.19. The highest BCUT2D eigenvalue weighted by molar-refractivity contribution is 7.89. The van der Waals surface area contributed by atoms with Crippen molar-refractivity contribution in [2.24, 2.45) is 5.92 Å². The largest absolute Gasteiger partial charge is 0.492 e. The average Bonchev–Trinajstić information content (AvgIpc) is 2.73. The molecule has 0 saturated carbocycles. The first-order valence-corrected chi connectivity index (χ1v) is 13.2. The second kappa shape index (κ2) is 13.3. The molecule has 0 bridgehead atoms. The lowest BCUT2D eigenvalue weighted by atomic mass is 9.93. The summed E-state index contributed by atoms with van der Waals surface area (Å²) in [5.41, 5.74) is 0.633. The van der Waals surface area contributed by atoms with E-state index < -0.39 is 22.0 Å². The summed E-state index contributed by atoms with van der Waals surface area (Å²) in [6.07, 6.45) is 7.02. The number of rotatable bonds is 14. The van der Waals surface area contributed by atoms with Gasteiger partial charge in [0.2, 0.25) is 10.0 Å². The van der Waals surface area contributed by atoms with Crippen LogP contribution in [0.3, 0.4) is 0 Å². The molecule has 9 heteroatoms. The van der Waals surface area contributed by atoms with Gasteiger partial charge in [-0.2, -0.15) is 0 Å². The Morgan fingerprint density at radius 1 is 1.29 bits per heavy atom. The van der Waals surface area contributed by atoms with Crippen LogP contribution < -0.4 is 14.8 Å². The van der Waals surface area contributed by atoms with Crippen molar-refractivity contribution in [3.63, 3.8) is 0 Å². The normalized spacial score (nSPS) is 16.2. The van der Waals surface area contributed by atoms with Crippen LogP contribution in [0.5, 0.6) is 5.75 Å². The molecule has 1 aromatic carbocycles. The number of nitrogens with one attached hydrogen (secondary N) is 2. The van der Waals surface area contributed by atoms with Crippen molar-refractivity contribution in [2.75, 3.05) is 25.4 Å². The molecule has 0 radical (unpaired) electrons. The van der Waals surface area contributed by atoms with Gasteiger partial charge in [-0.3, -0.25) is 4.79 Å². The van der Waals surface area contributed by atoms with Crippen LogP contribution in [0.25, 0.3) is 0 Å². The number of halogens is 1. The lowest BCUT2D eigenvalue weighted by Crippen LogP contribution is -2.43. The fraction of sp³-hybridized carbons (Fsp3) is 0.682. The van der Waals surface area contributed by atoms with E-state index >= 15 is 0 Å². The third-order valence-electron chi connectivity index (χ3n) is 5.55. The van der Waals surface area contributed by atoms with Gasteiger partial charge in [-0.15, -0.1) is 0 Å². The molecule has 0 amide bonds. The average molecular weight is 475 g/mol. The van der Waals surface area contributed by atoms with E-state index in [0.717, 1.165) is 31.8 Å². The first-order chi connectivity index (χ1) is 14.8. The van der Waals surface area contributed by atoms with E-state index in [1.807, 2.05) is 6.92 Å². The minimum Gasteiger partial charge on any atom is -0.492 e. The molecule has 0 aromatic heterocycles. The maximum absolute atomic E-state index is 12.1. The number of unbranched alkanes of at least 4 members (excludes halogenated alkanes) is 2. The van der Waals surface area contributed by atoms with Gasteiger partial charge in [-0.25, -0.2) is 13.1 Å². The summed E-state index contributed by atoms with van der Waals surface area (Å²) < 4.78 is 32.2. The summed E-state index contributed by atoms with van der Waals surface area (Å²) in [6.45, 7) is 4.70. The Balaban J connectivity index is 1.82. The molecule has 1 saturated heterocycles. The first kappa shape index (κ1) is 25.9. The van der Waals surface area contributed by atoms with Crippen molar-refractivity contribution < 1.29 is 23.1 Å². The highest BCUT2D eigenvalue weighted by atomic mass is 35.5. The van der Waals surface area contributed by atoms with Gasteiger partial charge in [0, 0.05) is 0 Å². The van der Waals surface area contributed by atoms with E-state index in [1.54, 1.807) is 18.2 Å². The molecule has 1 aromatic rings. The van der Waals surface area contributed by atoms with Gasteiger partial charge < -0.3 is 15.2 Å². The van der Waals surface area contributed by atoms with E-state index in [4.69, 9.17) is 16.3 Å². The number of carbonyl (C=O) groups is 1. The summed E-state index contributed by atoms with van der Waals surface area (Å²) >= 11 is 6.31. The van der Waals surface area contributed by atoms with Crippen LogP contribution in [0.2, 0.25) is 5.02 Å². The van der Waals surface area contributed by atoms with Crippen molar-refractivity contribution in [2.45, 2.75) is 64.3 Å². The van der Waals surface area contributed by atoms with Crippen molar-refractivity contribution >= 4 is 27.6 Å². The highest BCUT2D eigenvalue weighted by Crippen LogP contribution is 2.27. The summed E-state index contributed by atoms with van der Waals surface area (Å²) in [6, 6.07) is 3.85. The fourth-order valence-electron chi connectivity index (χ4n) is 3.70. The van der Waals surface area contributed by atoms with Crippen molar-refractivity contribution in [3.05, 3.63) is 28.8 Å². The molecule has 1 aliphatic heterocycles. The lowest BCUT2D eigenvalue weighted by molar-refractivity contribution is -0.138. The molecule has 0 spiro atoms. The quantitative estimate of drug-likeness (QED) is 0.356. The molecule has 1 fully saturated rings. The zero-order valence-electron chi connectivity index (χ0n) is 18.2. The molecular weight excluding hydrogens is 440 g/mol. The number of benzene rings is 1. The molecule has 7 nitrogen and oxygen atoms in total. The third kappa shape index (κ3) is 9.76. The van der Waals surface area contributed by atoms with E-state index in [-0.39, 0.29) is 12.2 Å². The van der Waals surface area contributed by atoms with Gasteiger partial charge in [0.1, 0.15) is 11.8 Å². The highest BCUT2D eigenvalue weighted by Gasteiger charge is 2.24. The zero-order valence-corrected chi connectivity index (χ0v) is 19.8. The minimum absolute atomic E-state index is 0.0108. The number of carboxylic acids is 1. The van der Waals surface area contributed by atoms with Gasteiger partial charge in [0.25, 0.3) is 0 Å². The molecule has 1 atom stereocenters. The molecule has 31 heavy (non-hydrogen) atoms. The molecule has 0 unspecified atom stereocenters. The number of hydrogen-bond acceptors (Lipinski definition) is 5. The summed E-state index contributed by atoms with van der Waals surface area (Å²) in [5, 5.41) is 13.2. The monoisotopic (exact) mass is 474 g/mol. The van der Waals surface area contributed by atoms with Crippen molar-refractivity contribution in [1.82, 2.24) is 10.0 Å². The van der Waals surface area contributed by atoms with Gasteiger partial charge in [0.05, 0.1) is 17.4 Å². The van der Waals surface area contributed by atoms with E-state index in [0.29, 0.717) is 35.8 Å². The molecule has 0 aliphatic carbocycles. The molecule has 1 aliphatic rings. The van der Waals surface area contributed by atoms with Crippen LogP contribution in [-0.4, -0.2) is 51.0 Å². The summed E-state index contributed by atoms with van der Waals surface area (Å²) in [4.78, 5) is 11.5. The maximum Gasteiger partial charge on any atom is 0.322 e. The van der Waals surface area contributed by atoms with Gasteiger partial charge in [-0.1, -0.05) is 37.4 Å². The molecular formula is C22H35ClN2O5S. The van der Waals surface area contributed by atoms with Crippen LogP contribution in [0.1, 0.15) is 57.4 Å². The van der Waals surface area contributed by atoms with Crippen LogP contribution in [-0.2, 0) is 21.2 Å². The van der Waals surface area contributed by atoms with Crippen molar-refractivity contribution in [3.8, 4) is 5.75 Å². The smallest absolute Gasteiger partial charge is 0.322 e. The number of sulfonamides is 1. The number of aliphatic carboxylic acids is 1. The van der Waals surface area contributed by atoms with Crippen molar-refractivity contribution in [1.29, 1.82) is 0 Å². The predicted molar refractivity (Wildman–Crippen MR) is 123 cm³/mol. The number of hydrogen-bond donors (Lipinski definition) is 3. The maximum atomic E-state index is 12.1. The van der Waals surface area contributed by atoms with E-state index in [9.17, 15) is 18.3 Å². The SMILES string of the molecule is CCCCS(=O)(=O)N[C@@H](Cc1ccc(OCCCCC2CCNCC2)c(Cl)c1)C(=O)O. The van der Waals surface area contributed by atoms with Gasteiger partial charge in [0.15, 0.2) is 0 Å². The number of ether oxygens (including phenoxy) is 1. The summed E-state index contributed by atoms with van der Waals surface area (Å²) in [5.74, 6) is 0.0667. The Labute approximate surface area is 190 Å². The zero-order chi connectivity index (χ0) is 22.7. The van der Waals surface area contributed by atoms with Crippen LogP contribution in [0.15, 0.2) is 18.2 Å². The molecule has 176 valence electrons. The van der Waals surface area contributed by atoms with Gasteiger partial charge >= 0.3 is 5.97 Å². The van der Waals surface area contributed by atoms with Gasteiger partial charge in [-0.05, 0) is 75.2 Å². The van der Waals surface area contributed by atoms with E-state index in [2.05, 4.69) is 10.0 Å². The fourth-order valence-corrected chi connectivity index (χ4v) is 5.36. The molecule has 2 rings (SSSR count). The Hall–Kier alpha value is -1.35. The molecule has 3 N–H and O–H groups in total. The Morgan fingerprint density at radius 2 is 2.03 bits per heavy atom. The second-order valence-corrected chi connectivity index (χ2v) is 10.5.